The first-order chi connectivity index (χ1) is 22.4. The second-order valence-corrected chi connectivity index (χ2v) is 13.0. The lowest BCUT2D eigenvalue weighted by Crippen LogP contribution is -2.35. The predicted octanol–water partition coefficient (Wildman–Crippen LogP) is 6.78. The number of ketones is 1. The molecule has 1 unspecified atom stereocenters. The van der Waals surface area contributed by atoms with Crippen LogP contribution in [-0.4, -0.2) is 57.1 Å². The lowest BCUT2D eigenvalue weighted by molar-refractivity contribution is -0.0592. The summed E-state index contributed by atoms with van der Waals surface area (Å²) in [6.45, 7) is 3.84. The van der Waals surface area contributed by atoms with Crippen LogP contribution in [0.4, 0.5) is 4.39 Å². The van der Waals surface area contributed by atoms with E-state index in [0.717, 1.165) is 85.5 Å². The van der Waals surface area contributed by atoms with E-state index in [1.807, 2.05) is 18.2 Å². The van der Waals surface area contributed by atoms with Gasteiger partial charge in [-0.05, 0) is 87.0 Å². The standard InChI is InChI=1S/C37H36FN3O5/c38-30-18-25(35(42)23-4-5-23)6-9-29(30)33-11-8-24-2-1-3-28(36(24)46-33)22-12-15-40(16-13-22)21-34-39-31-10-7-26(37(43)44)19-32(31)41(34)20-27-14-17-45-27/h1-3,6-11,18-19,22-23,27,33H,4-5,12-17,20-21H2,(H,43,44)/t27-,33?/m0/s1. The molecule has 0 spiro atoms. The number of hydrogen-bond acceptors (Lipinski definition) is 6. The quantitative estimate of drug-likeness (QED) is 0.206. The minimum Gasteiger partial charge on any atom is -0.481 e. The highest BCUT2D eigenvalue weighted by Crippen LogP contribution is 2.42. The summed E-state index contributed by atoms with van der Waals surface area (Å²) in [6, 6.07) is 16.1. The molecule has 8 rings (SSSR count). The molecule has 3 aromatic carbocycles. The van der Waals surface area contributed by atoms with Crippen molar-refractivity contribution in [1.82, 2.24) is 14.5 Å². The molecule has 8 nitrogen and oxygen atoms in total. The van der Waals surface area contributed by atoms with Gasteiger partial charge in [0.05, 0.1) is 35.8 Å². The number of benzene rings is 3. The fourth-order valence-electron chi connectivity index (χ4n) is 7.04. The lowest BCUT2D eigenvalue weighted by Gasteiger charge is -2.34. The van der Waals surface area contributed by atoms with Crippen LogP contribution in [0.1, 0.15) is 87.4 Å². The number of halogens is 1. The maximum absolute atomic E-state index is 15.3. The Balaban J connectivity index is 0.976. The van der Waals surface area contributed by atoms with Gasteiger partial charge in [0.25, 0.3) is 0 Å². The molecule has 4 aromatic rings. The Labute approximate surface area is 266 Å². The van der Waals surface area contributed by atoms with E-state index in [1.54, 1.807) is 30.3 Å². The number of carbonyl (C=O) groups excluding carboxylic acids is 1. The van der Waals surface area contributed by atoms with Gasteiger partial charge in [-0.3, -0.25) is 9.69 Å². The zero-order valence-electron chi connectivity index (χ0n) is 25.5. The van der Waals surface area contributed by atoms with E-state index in [-0.39, 0.29) is 23.4 Å². The number of aromatic nitrogens is 2. The van der Waals surface area contributed by atoms with Gasteiger partial charge in [-0.2, -0.15) is 0 Å². The molecule has 2 saturated heterocycles. The summed E-state index contributed by atoms with van der Waals surface area (Å²) in [5.41, 5.74) is 4.89. The van der Waals surface area contributed by atoms with E-state index in [1.165, 1.54) is 6.07 Å². The number of hydrogen-bond donors (Lipinski definition) is 1. The fraction of sp³-hybridized carbons (Fsp3) is 0.378. The van der Waals surface area contributed by atoms with Crippen LogP contribution in [0.25, 0.3) is 17.1 Å². The van der Waals surface area contributed by atoms with Crippen LogP contribution >= 0.6 is 0 Å². The van der Waals surface area contributed by atoms with Crippen LogP contribution in [0.5, 0.6) is 5.75 Å². The largest absolute Gasteiger partial charge is 0.481 e. The van der Waals surface area contributed by atoms with Gasteiger partial charge in [-0.25, -0.2) is 14.2 Å². The van der Waals surface area contributed by atoms with Gasteiger partial charge in [0, 0.05) is 29.2 Å². The Bertz CT molecular complexity index is 1870. The Morgan fingerprint density at radius 3 is 2.48 bits per heavy atom. The molecule has 236 valence electrons. The first-order valence-electron chi connectivity index (χ1n) is 16.3. The molecule has 0 radical (unpaired) electrons. The molecule has 2 atom stereocenters. The number of carbonyl (C=O) groups is 2. The number of aromatic carboxylic acids is 1. The SMILES string of the molecule is O=C(O)c1ccc2nc(CN3CCC(c4cccc5c4OC(c4ccc(C(=O)C6CC6)cc4F)C=C5)CC3)n(C[C@@H]3CCO3)c2c1. The zero-order chi connectivity index (χ0) is 31.4. The van der Waals surface area contributed by atoms with E-state index >= 15 is 4.39 Å². The molecule has 4 aliphatic rings. The highest BCUT2D eigenvalue weighted by Gasteiger charge is 2.32. The summed E-state index contributed by atoms with van der Waals surface area (Å²) >= 11 is 0. The molecule has 9 heteroatoms. The number of ether oxygens (including phenoxy) is 2. The summed E-state index contributed by atoms with van der Waals surface area (Å²) in [7, 11) is 0. The average Bonchev–Trinajstić information content (AvgIpc) is 3.84. The normalized spacial score (nSPS) is 21.5. The van der Waals surface area contributed by atoms with Crippen LogP contribution in [0.15, 0.2) is 60.7 Å². The summed E-state index contributed by atoms with van der Waals surface area (Å²) in [5, 5.41) is 9.56. The molecule has 0 amide bonds. The molecule has 3 aliphatic heterocycles. The number of carboxylic acid groups (broad SMARTS) is 1. The number of piperidine rings is 1. The molecule has 46 heavy (non-hydrogen) atoms. The Morgan fingerprint density at radius 1 is 0.957 bits per heavy atom. The molecule has 4 heterocycles. The first kappa shape index (κ1) is 29.1. The third-order valence-electron chi connectivity index (χ3n) is 9.96. The van der Waals surface area contributed by atoms with E-state index in [4.69, 9.17) is 14.5 Å². The number of fused-ring (bicyclic) bond motifs is 2. The van der Waals surface area contributed by atoms with Gasteiger partial charge in [-0.1, -0.05) is 36.4 Å². The van der Waals surface area contributed by atoms with Gasteiger partial charge in [0.1, 0.15) is 23.5 Å². The second kappa shape index (κ2) is 11.8. The molecule has 1 aliphatic carbocycles. The van der Waals surface area contributed by atoms with Crippen molar-refractivity contribution in [2.45, 2.75) is 63.3 Å². The maximum Gasteiger partial charge on any atom is 0.335 e. The highest BCUT2D eigenvalue weighted by molar-refractivity contribution is 5.99. The number of para-hydroxylation sites is 1. The van der Waals surface area contributed by atoms with Crippen LogP contribution in [-0.2, 0) is 17.8 Å². The Hall–Kier alpha value is -4.34. The van der Waals surface area contributed by atoms with Crippen molar-refractivity contribution in [3.05, 3.63) is 100 Å². The minimum atomic E-state index is -0.949. The number of nitrogens with zero attached hydrogens (tertiary/aromatic N) is 3. The van der Waals surface area contributed by atoms with Crippen molar-refractivity contribution in [1.29, 1.82) is 0 Å². The molecule has 3 fully saturated rings. The predicted molar refractivity (Wildman–Crippen MR) is 171 cm³/mol. The molecule has 1 N–H and O–H groups in total. The number of carboxylic acids is 1. The first-order valence-corrected chi connectivity index (χ1v) is 16.3. The smallest absolute Gasteiger partial charge is 0.335 e. The number of imidazole rings is 1. The fourth-order valence-corrected chi connectivity index (χ4v) is 7.04. The van der Waals surface area contributed by atoms with Crippen LogP contribution in [0.3, 0.4) is 0 Å². The summed E-state index contributed by atoms with van der Waals surface area (Å²) in [4.78, 5) is 31.5. The van der Waals surface area contributed by atoms with Gasteiger partial charge in [0.2, 0.25) is 0 Å². The van der Waals surface area contributed by atoms with E-state index in [2.05, 4.69) is 21.6 Å². The highest BCUT2D eigenvalue weighted by atomic mass is 19.1. The van der Waals surface area contributed by atoms with Crippen molar-refractivity contribution < 1.29 is 28.6 Å². The second-order valence-electron chi connectivity index (χ2n) is 13.0. The van der Waals surface area contributed by atoms with E-state index < -0.39 is 17.9 Å². The van der Waals surface area contributed by atoms with Crippen LogP contribution in [0.2, 0.25) is 0 Å². The van der Waals surface area contributed by atoms with E-state index in [0.29, 0.717) is 30.1 Å². The van der Waals surface area contributed by atoms with Crippen molar-refractivity contribution in [3.8, 4) is 5.75 Å². The Kier molecular flexibility index (Phi) is 7.45. The minimum absolute atomic E-state index is 0.0291. The van der Waals surface area contributed by atoms with Gasteiger partial charge >= 0.3 is 5.97 Å². The number of likely N-dealkylation sites (tertiary alicyclic amines) is 1. The molecule has 1 aromatic heterocycles. The third kappa shape index (κ3) is 5.52. The summed E-state index contributed by atoms with van der Waals surface area (Å²) in [5.74, 6) is 0.741. The summed E-state index contributed by atoms with van der Waals surface area (Å²) in [6.07, 6.45) is 8.10. The monoisotopic (exact) mass is 621 g/mol. The van der Waals surface area contributed by atoms with Crippen molar-refractivity contribution >= 4 is 28.9 Å². The van der Waals surface area contributed by atoms with Crippen molar-refractivity contribution in [2.75, 3.05) is 19.7 Å². The Morgan fingerprint density at radius 2 is 1.76 bits per heavy atom. The maximum atomic E-state index is 15.3. The topological polar surface area (TPSA) is 93.9 Å². The van der Waals surface area contributed by atoms with Crippen molar-refractivity contribution in [2.24, 2.45) is 5.92 Å². The average molecular weight is 622 g/mol. The molecular formula is C37H36FN3O5. The lowest BCUT2D eigenvalue weighted by atomic mass is 9.87. The van der Waals surface area contributed by atoms with Crippen LogP contribution in [0, 0.1) is 11.7 Å². The van der Waals surface area contributed by atoms with Crippen molar-refractivity contribution in [3.63, 3.8) is 0 Å². The molecule has 1 saturated carbocycles. The number of rotatable bonds is 9. The molecular weight excluding hydrogens is 585 g/mol. The molecule has 0 bridgehead atoms. The van der Waals surface area contributed by atoms with E-state index in [9.17, 15) is 14.7 Å². The van der Waals surface area contributed by atoms with Gasteiger partial charge in [-0.15, -0.1) is 0 Å². The summed E-state index contributed by atoms with van der Waals surface area (Å²) < 4.78 is 29.6. The third-order valence-corrected chi connectivity index (χ3v) is 9.96. The zero-order valence-corrected chi connectivity index (χ0v) is 25.5. The van der Waals surface area contributed by atoms with Crippen LogP contribution < -0.4 is 4.74 Å². The number of Topliss-reactive ketones (excluding diaryl/α,β-unsaturated/α-hetero) is 1. The van der Waals surface area contributed by atoms with Gasteiger partial charge in [0.15, 0.2) is 5.78 Å². The van der Waals surface area contributed by atoms with Gasteiger partial charge < -0.3 is 19.1 Å².